The van der Waals surface area contributed by atoms with Crippen molar-refractivity contribution in [2.24, 2.45) is 5.92 Å². The second-order valence-electron chi connectivity index (χ2n) is 5.26. The lowest BCUT2D eigenvalue weighted by molar-refractivity contribution is 0.270. The van der Waals surface area contributed by atoms with Crippen LogP contribution in [-0.2, 0) is 6.54 Å². The molecule has 2 aromatic rings. The van der Waals surface area contributed by atoms with Gasteiger partial charge in [0.25, 0.3) is 11.6 Å². The molecule has 0 atom stereocenters. The van der Waals surface area contributed by atoms with Crippen molar-refractivity contribution in [3.63, 3.8) is 0 Å². The Morgan fingerprint density at radius 3 is 2.95 bits per heavy atom. The zero-order valence-corrected chi connectivity index (χ0v) is 13.6. The summed E-state index contributed by atoms with van der Waals surface area (Å²) in [5.74, 6) is 0.610. The summed E-state index contributed by atoms with van der Waals surface area (Å²) in [6.07, 6.45) is 3.30. The van der Waals surface area contributed by atoms with Crippen molar-refractivity contribution >= 4 is 33.5 Å². The molecule has 1 aromatic heterocycles. The van der Waals surface area contributed by atoms with E-state index in [1.165, 1.54) is 12.8 Å². The third kappa shape index (κ3) is 2.82. The van der Waals surface area contributed by atoms with Crippen LogP contribution in [-0.4, -0.2) is 16.2 Å². The number of hydrogen-bond donors (Lipinski definition) is 0. The van der Waals surface area contributed by atoms with Gasteiger partial charge in [-0.3, -0.25) is 9.36 Å². The Balaban J connectivity index is 2.13. The second kappa shape index (κ2) is 5.71. The predicted octanol–water partition coefficient (Wildman–Crippen LogP) is 3.20. The molecule has 0 bridgehead atoms. The fourth-order valence-electron chi connectivity index (χ4n) is 2.20. The van der Waals surface area contributed by atoms with Crippen molar-refractivity contribution in [1.29, 1.82) is 0 Å². The normalized spacial score (nSPS) is 14.7. The summed E-state index contributed by atoms with van der Waals surface area (Å²) in [5.41, 5.74) is 0.736. The van der Waals surface area contributed by atoms with Crippen LogP contribution in [0.4, 0.5) is 0 Å². The van der Waals surface area contributed by atoms with Crippen molar-refractivity contribution in [3.8, 4) is 6.01 Å². The number of benzene rings is 1. The molecule has 0 amide bonds. The van der Waals surface area contributed by atoms with Crippen LogP contribution in [0.25, 0.3) is 10.9 Å². The van der Waals surface area contributed by atoms with Crippen LogP contribution in [0.1, 0.15) is 26.2 Å². The maximum Gasteiger partial charge on any atom is 0.299 e. The molecule has 0 radical (unpaired) electrons. The maximum absolute atomic E-state index is 12.7. The van der Waals surface area contributed by atoms with Crippen LogP contribution in [0, 0.1) is 9.49 Å². The van der Waals surface area contributed by atoms with E-state index in [1.807, 2.05) is 25.1 Å². The molecule has 106 valence electrons. The van der Waals surface area contributed by atoms with E-state index >= 15 is 0 Å². The minimum absolute atomic E-state index is 0.0199. The van der Waals surface area contributed by atoms with Gasteiger partial charge in [0.05, 0.1) is 17.5 Å². The molecule has 0 unspecified atom stereocenters. The Hall–Kier alpha value is -1.11. The standard InChI is InChI=1S/C15H17IN2O2/c1-2-7-20-15-17-13-6-5-11(16)8-12(13)14(19)18(15)9-10-3-4-10/h5-6,8,10H,2-4,7,9H2,1H3. The van der Waals surface area contributed by atoms with Gasteiger partial charge in [-0.2, -0.15) is 4.98 Å². The summed E-state index contributed by atoms with van der Waals surface area (Å²) in [5, 5.41) is 0.682. The molecule has 5 heteroatoms. The monoisotopic (exact) mass is 384 g/mol. The molecule has 1 saturated carbocycles. The third-order valence-corrected chi connectivity index (χ3v) is 4.13. The number of hydrogen-bond acceptors (Lipinski definition) is 3. The van der Waals surface area contributed by atoms with Gasteiger partial charge in [-0.05, 0) is 66.0 Å². The van der Waals surface area contributed by atoms with E-state index in [-0.39, 0.29) is 5.56 Å². The molecule has 0 aliphatic heterocycles. The van der Waals surface area contributed by atoms with Gasteiger partial charge in [-0.15, -0.1) is 0 Å². The first-order chi connectivity index (χ1) is 9.69. The number of halogens is 1. The molecule has 0 saturated heterocycles. The summed E-state index contributed by atoms with van der Waals surface area (Å²) in [6, 6.07) is 6.22. The second-order valence-corrected chi connectivity index (χ2v) is 6.51. The quantitative estimate of drug-likeness (QED) is 0.744. The van der Waals surface area contributed by atoms with E-state index in [4.69, 9.17) is 4.74 Å². The molecule has 4 nitrogen and oxygen atoms in total. The molecule has 3 rings (SSSR count). The van der Waals surface area contributed by atoms with Crippen LogP contribution in [0.3, 0.4) is 0 Å². The Kier molecular flexibility index (Phi) is 3.96. The Bertz CT molecular complexity index is 692. The van der Waals surface area contributed by atoms with Crippen LogP contribution >= 0.6 is 22.6 Å². The largest absolute Gasteiger partial charge is 0.465 e. The third-order valence-electron chi connectivity index (χ3n) is 3.45. The lowest BCUT2D eigenvalue weighted by atomic mass is 10.2. The highest BCUT2D eigenvalue weighted by atomic mass is 127. The van der Waals surface area contributed by atoms with Gasteiger partial charge >= 0.3 is 0 Å². The first kappa shape index (κ1) is 13.9. The van der Waals surface area contributed by atoms with Gasteiger partial charge < -0.3 is 4.74 Å². The van der Waals surface area contributed by atoms with Crippen molar-refractivity contribution in [1.82, 2.24) is 9.55 Å². The van der Waals surface area contributed by atoms with Gasteiger partial charge in [-0.25, -0.2) is 0 Å². The fraction of sp³-hybridized carbons (Fsp3) is 0.467. The maximum atomic E-state index is 12.7. The van der Waals surface area contributed by atoms with Gasteiger partial charge in [0.2, 0.25) is 0 Å². The van der Waals surface area contributed by atoms with Crippen molar-refractivity contribution in [2.45, 2.75) is 32.7 Å². The number of nitrogens with zero attached hydrogens (tertiary/aromatic N) is 2. The Labute approximate surface area is 131 Å². The average molecular weight is 384 g/mol. The number of rotatable bonds is 5. The molecule has 0 spiro atoms. The van der Waals surface area contributed by atoms with E-state index in [1.54, 1.807) is 4.57 Å². The fourth-order valence-corrected chi connectivity index (χ4v) is 2.69. The summed E-state index contributed by atoms with van der Waals surface area (Å²) in [4.78, 5) is 17.2. The molecule has 20 heavy (non-hydrogen) atoms. The summed E-state index contributed by atoms with van der Waals surface area (Å²) in [7, 11) is 0. The van der Waals surface area contributed by atoms with Gasteiger partial charge in [0.15, 0.2) is 0 Å². The molecule has 1 aliphatic carbocycles. The molecular formula is C15H17IN2O2. The zero-order chi connectivity index (χ0) is 14.1. The van der Waals surface area contributed by atoms with Crippen molar-refractivity contribution < 1.29 is 4.74 Å². The van der Waals surface area contributed by atoms with Gasteiger partial charge in [0.1, 0.15) is 0 Å². The first-order valence-corrected chi connectivity index (χ1v) is 8.10. The highest BCUT2D eigenvalue weighted by Crippen LogP contribution is 2.31. The first-order valence-electron chi connectivity index (χ1n) is 7.02. The predicted molar refractivity (Wildman–Crippen MR) is 87.2 cm³/mol. The van der Waals surface area contributed by atoms with E-state index in [0.717, 1.165) is 16.5 Å². The van der Waals surface area contributed by atoms with Gasteiger partial charge in [0, 0.05) is 10.1 Å². The highest BCUT2D eigenvalue weighted by molar-refractivity contribution is 14.1. The molecule has 1 aliphatic rings. The smallest absolute Gasteiger partial charge is 0.299 e. The summed E-state index contributed by atoms with van der Waals surface area (Å²) in [6.45, 7) is 3.37. The van der Waals surface area contributed by atoms with E-state index in [2.05, 4.69) is 27.6 Å². The molecular weight excluding hydrogens is 367 g/mol. The number of aromatic nitrogens is 2. The minimum Gasteiger partial charge on any atom is -0.465 e. The number of fused-ring (bicyclic) bond motifs is 1. The highest BCUT2D eigenvalue weighted by Gasteiger charge is 2.24. The molecule has 1 heterocycles. The zero-order valence-electron chi connectivity index (χ0n) is 11.4. The minimum atomic E-state index is 0.0199. The average Bonchev–Trinajstić information content (AvgIpc) is 3.25. The SMILES string of the molecule is CCCOc1nc2ccc(I)cc2c(=O)n1CC1CC1. The number of ether oxygens (including phenoxy) is 1. The Morgan fingerprint density at radius 1 is 1.45 bits per heavy atom. The van der Waals surface area contributed by atoms with Crippen molar-refractivity contribution in [2.75, 3.05) is 6.61 Å². The van der Waals surface area contributed by atoms with E-state index < -0.39 is 0 Å². The lowest BCUT2D eigenvalue weighted by Crippen LogP contribution is -2.24. The van der Waals surface area contributed by atoms with E-state index in [0.29, 0.717) is 29.4 Å². The summed E-state index contributed by atoms with van der Waals surface area (Å²) >= 11 is 2.22. The van der Waals surface area contributed by atoms with Crippen LogP contribution in [0.2, 0.25) is 0 Å². The van der Waals surface area contributed by atoms with Crippen molar-refractivity contribution in [3.05, 3.63) is 32.1 Å². The molecule has 1 aromatic carbocycles. The topological polar surface area (TPSA) is 44.1 Å². The van der Waals surface area contributed by atoms with E-state index in [9.17, 15) is 4.79 Å². The van der Waals surface area contributed by atoms with Gasteiger partial charge in [-0.1, -0.05) is 6.92 Å². The molecule has 1 fully saturated rings. The Morgan fingerprint density at radius 2 is 2.25 bits per heavy atom. The lowest BCUT2D eigenvalue weighted by Gasteiger charge is -2.13. The van der Waals surface area contributed by atoms with Crippen LogP contribution in [0.5, 0.6) is 6.01 Å². The summed E-state index contributed by atoms with van der Waals surface area (Å²) < 4.78 is 8.45. The molecule has 0 N–H and O–H groups in total. The van der Waals surface area contributed by atoms with Crippen LogP contribution < -0.4 is 10.3 Å². The van der Waals surface area contributed by atoms with Crippen LogP contribution in [0.15, 0.2) is 23.0 Å².